The molecule has 0 aliphatic rings. The van der Waals surface area contributed by atoms with Crippen LogP contribution in [0.1, 0.15) is 19.7 Å². The van der Waals surface area contributed by atoms with Crippen LogP contribution in [0.25, 0.3) is 11.2 Å². The summed E-state index contributed by atoms with van der Waals surface area (Å²) in [7, 11) is 0. The minimum absolute atomic E-state index is 0.220. The first-order valence-corrected chi connectivity index (χ1v) is 4.39. The fourth-order valence-electron chi connectivity index (χ4n) is 1.24. The van der Waals surface area contributed by atoms with Crippen LogP contribution in [-0.4, -0.2) is 19.9 Å². The van der Waals surface area contributed by atoms with Gasteiger partial charge in [0.1, 0.15) is 11.3 Å². The van der Waals surface area contributed by atoms with Crippen molar-refractivity contribution in [1.82, 2.24) is 19.9 Å². The van der Waals surface area contributed by atoms with Gasteiger partial charge in [0.2, 0.25) is 0 Å². The third-order valence-corrected chi connectivity index (χ3v) is 2.00. The fraction of sp³-hybridized carbons (Fsp3) is 0.375. The number of hydrogen-bond donors (Lipinski definition) is 4. The number of nitrogens with two attached hydrogens (primary N) is 1. The zero-order valence-corrected chi connectivity index (χ0v) is 8.34. The van der Waals surface area contributed by atoms with Gasteiger partial charge >= 0.3 is 5.69 Å². The Balaban J connectivity index is 2.83. The number of aromatic amines is 3. The Hall–Kier alpha value is -1.89. The van der Waals surface area contributed by atoms with Crippen molar-refractivity contribution in [3.05, 3.63) is 26.7 Å². The van der Waals surface area contributed by atoms with Gasteiger partial charge in [-0.25, -0.2) is 9.78 Å². The molecule has 7 heteroatoms. The van der Waals surface area contributed by atoms with Gasteiger partial charge < -0.3 is 10.7 Å². The summed E-state index contributed by atoms with van der Waals surface area (Å²) in [4.78, 5) is 33.7. The number of nitrogens with one attached hydrogen (secondary N) is 3. The summed E-state index contributed by atoms with van der Waals surface area (Å²) >= 11 is 0. The van der Waals surface area contributed by atoms with E-state index in [0.717, 1.165) is 0 Å². The van der Waals surface area contributed by atoms with E-state index in [9.17, 15) is 9.59 Å². The number of nitrogens with zero attached hydrogens (tertiary/aromatic N) is 1. The Kier molecular flexibility index (Phi) is 1.80. The molecule has 0 bridgehead atoms. The van der Waals surface area contributed by atoms with Crippen molar-refractivity contribution >= 4 is 11.2 Å². The Morgan fingerprint density at radius 1 is 1.20 bits per heavy atom. The number of aromatic nitrogens is 4. The van der Waals surface area contributed by atoms with Gasteiger partial charge in [0.25, 0.3) is 5.56 Å². The zero-order valence-electron chi connectivity index (χ0n) is 8.34. The smallest absolute Gasteiger partial charge is 0.327 e. The van der Waals surface area contributed by atoms with Gasteiger partial charge in [-0.15, -0.1) is 0 Å². The molecule has 0 aliphatic heterocycles. The lowest BCUT2D eigenvalue weighted by atomic mass is 10.1. The Labute approximate surface area is 83.7 Å². The number of H-pyrrole nitrogens is 3. The van der Waals surface area contributed by atoms with Crippen molar-refractivity contribution in [3.63, 3.8) is 0 Å². The maximum atomic E-state index is 11.4. The molecule has 80 valence electrons. The van der Waals surface area contributed by atoms with Crippen LogP contribution in [0.2, 0.25) is 0 Å². The van der Waals surface area contributed by atoms with Gasteiger partial charge in [-0.3, -0.25) is 14.8 Å². The highest BCUT2D eigenvalue weighted by Gasteiger charge is 2.19. The molecule has 0 fully saturated rings. The van der Waals surface area contributed by atoms with E-state index in [0.29, 0.717) is 5.82 Å². The van der Waals surface area contributed by atoms with E-state index in [1.165, 1.54) is 0 Å². The molecule has 0 spiro atoms. The van der Waals surface area contributed by atoms with Crippen LogP contribution >= 0.6 is 0 Å². The van der Waals surface area contributed by atoms with Gasteiger partial charge in [0, 0.05) is 0 Å². The molecule has 0 radical (unpaired) electrons. The van der Waals surface area contributed by atoms with E-state index in [-0.39, 0.29) is 11.2 Å². The maximum absolute atomic E-state index is 11.4. The molecule has 0 saturated heterocycles. The average Bonchev–Trinajstić information content (AvgIpc) is 2.46. The molecule has 2 rings (SSSR count). The van der Waals surface area contributed by atoms with Crippen LogP contribution in [-0.2, 0) is 5.54 Å². The standard InChI is InChI=1S/C8H11N5O2/c1-8(2,9)6-10-3-4(11-6)12-7(15)13-5(3)14/h9H2,1-2H3,(H3,10,11,12,13,14,15). The first-order chi connectivity index (χ1) is 6.88. The lowest BCUT2D eigenvalue weighted by molar-refractivity contribution is 0.522. The van der Waals surface area contributed by atoms with Gasteiger partial charge in [0.15, 0.2) is 5.65 Å². The van der Waals surface area contributed by atoms with Crippen molar-refractivity contribution < 1.29 is 0 Å². The minimum atomic E-state index is -0.692. The molecule has 0 aliphatic carbocycles. The predicted octanol–water partition coefficient (Wildman–Crippen LogP) is -0.867. The third kappa shape index (κ3) is 1.57. The van der Waals surface area contributed by atoms with E-state index in [1.807, 2.05) is 0 Å². The quantitative estimate of drug-likeness (QED) is 0.488. The lowest BCUT2D eigenvalue weighted by Crippen LogP contribution is -2.30. The molecule has 0 atom stereocenters. The lowest BCUT2D eigenvalue weighted by Gasteiger charge is -2.13. The highest BCUT2D eigenvalue weighted by molar-refractivity contribution is 5.68. The Morgan fingerprint density at radius 2 is 1.87 bits per heavy atom. The minimum Gasteiger partial charge on any atom is -0.335 e. The molecule has 2 aromatic rings. The summed E-state index contributed by atoms with van der Waals surface area (Å²) < 4.78 is 0. The molecule has 5 N–H and O–H groups in total. The summed E-state index contributed by atoms with van der Waals surface area (Å²) in [5.41, 5.74) is 4.48. The maximum Gasteiger partial charge on any atom is 0.327 e. The molecule has 0 saturated carbocycles. The second kappa shape index (κ2) is 2.80. The van der Waals surface area contributed by atoms with Crippen LogP contribution in [0.5, 0.6) is 0 Å². The van der Waals surface area contributed by atoms with E-state index in [4.69, 9.17) is 5.73 Å². The SMILES string of the molecule is CC(C)(N)c1nc2[nH]c(=O)[nH]c(=O)c2[nH]1. The van der Waals surface area contributed by atoms with Crippen LogP contribution in [0.3, 0.4) is 0 Å². The van der Waals surface area contributed by atoms with Crippen LogP contribution in [0.4, 0.5) is 0 Å². The van der Waals surface area contributed by atoms with Crippen LogP contribution < -0.4 is 17.0 Å². The largest absolute Gasteiger partial charge is 0.335 e. The average molecular weight is 209 g/mol. The molecule has 7 nitrogen and oxygen atoms in total. The van der Waals surface area contributed by atoms with Crippen molar-refractivity contribution in [2.75, 3.05) is 0 Å². The monoisotopic (exact) mass is 209 g/mol. The van der Waals surface area contributed by atoms with Gasteiger partial charge in [-0.2, -0.15) is 0 Å². The number of hydrogen-bond acceptors (Lipinski definition) is 4. The van der Waals surface area contributed by atoms with E-state index in [1.54, 1.807) is 13.8 Å². The Morgan fingerprint density at radius 3 is 2.47 bits per heavy atom. The second-order valence-corrected chi connectivity index (χ2v) is 3.94. The summed E-state index contributed by atoms with van der Waals surface area (Å²) in [5, 5.41) is 0. The van der Waals surface area contributed by atoms with Gasteiger partial charge in [-0.05, 0) is 13.8 Å². The zero-order chi connectivity index (χ0) is 11.2. The molecular formula is C8H11N5O2. The molecule has 2 heterocycles. The Bertz CT molecular complexity index is 612. The predicted molar refractivity (Wildman–Crippen MR) is 54.5 cm³/mol. The van der Waals surface area contributed by atoms with Crippen molar-refractivity contribution in [1.29, 1.82) is 0 Å². The number of fused-ring (bicyclic) bond motifs is 1. The van der Waals surface area contributed by atoms with Gasteiger partial charge in [0.05, 0.1) is 5.54 Å². The molecule has 0 amide bonds. The highest BCUT2D eigenvalue weighted by atomic mass is 16.2. The van der Waals surface area contributed by atoms with Crippen molar-refractivity contribution in [3.8, 4) is 0 Å². The van der Waals surface area contributed by atoms with Crippen LogP contribution in [0, 0.1) is 0 Å². The topological polar surface area (TPSA) is 120 Å². The molecule has 0 aromatic carbocycles. The summed E-state index contributed by atoms with van der Waals surface area (Å²) in [6.45, 7) is 3.49. The molecule has 2 aromatic heterocycles. The molecular weight excluding hydrogens is 198 g/mol. The molecule has 0 unspecified atom stereocenters. The van der Waals surface area contributed by atoms with Crippen LogP contribution in [0.15, 0.2) is 9.59 Å². The number of imidazole rings is 1. The van der Waals surface area contributed by atoms with Crippen molar-refractivity contribution in [2.45, 2.75) is 19.4 Å². The first-order valence-electron chi connectivity index (χ1n) is 4.39. The number of rotatable bonds is 1. The molecule has 15 heavy (non-hydrogen) atoms. The summed E-state index contributed by atoms with van der Waals surface area (Å²) in [5.74, 6) is 0.449. The van der Waals surface area contributed by atoms with E-state index >= 15 is 0 Å². The van der Waals surface area contributed by atoms with E-state index in [2.05, 4.69) is 19.9 Å². The van der Waals surface area contributed by atoms with Gasteiger partial charge in [-0.1, -0.05) is 0 Å². The summed E-state index contributed by atoms with van der Waals surface area (Å²) in [6, 6.07) is 0. The third-order valence-electron chi connectivity index (χ3n) is 2.00. The highest BCUT2D eigenvalue weighted by Crippen LogP contribution is 2.13. The van der Waals surface area contributed by atoms with Crippen molar-refractivity contribution in [2.24, 2.45) is 5.73 Å². The normalized spacial score (nSPS) is 12.2. The first kappa shape index (κ1) is 9.66. The summed E-state index contributed by atoms with van der Waals surface area (Å²) in [6.07, 6.45) is 0. The van der Waals surface area contributed by atoms with E-state index < -0.39 is 16.8 Å². The fourth-order valence-corrected chi connectivity index (χ4v) is 1.24. The second-order valence-electron chi connectivity index (χ2n) is 3.94.